The van der Waals surface area contributed by atoms with Crippen molar-refractivity contribution in [2.24, 2.45) is 5.92 Å². The van der Waals surface area contributed by atoms with Crippen LogP contribution in [0.25, 0.3) is 0 Å². The zero-order chi connectivity index (χ0) is 18.6. The highest BCUT2D eigenvalue weighted by atomic mass is 32.2. The molecule has 2 aliphatic heterocycles. The molecule has 6 nitrogen and oxygen atoms in total. The maximum atomic E-state index is 12.8. The Labute approximate surface area is 155 Å². The van der Waals surface area contributed by atoms with Gasteiger partial charge in [0.2, 0.25) is 15.9 Å². The number of nitriles is 1. The van der Waals surface area contributed by atoms with E-state index in [1.165, 1.54) is 41.4 Å². The number of piperidine rings is 1. The number of rotatable bonds is 3. The van der Waals surface area contributed by atoms with Gasteiger partial charge in [0.15, 0.2) is 0 Å². The summed E-state index contributed by atoms with van der Waals surface area (Å²) in [7, 11) is -3.57. The maximum absolute atomic E-state index is 12.8. The van der Waals surface area contributed by atoms with Gasteiger partial charge in [0.25, 0.3) is 0 Å². The second kappa shape index (κ2) is 8.19. The van der Waals surface area contributed by atoms with Crippen LogP contribution in [0.3, 0.4) is 0 Å². The molecule has 0 atom stereocenters. The molecule has 0 radical (unpaired) electrons. The first kappa shape index (κ1) is 18.9. The van der Waals surface area contributed by atoms with Crippen LogP contribution in [0.15, 0.2) is 29.2 Å². The summed E-state index contributed by atoms with van der Waals surface area (Å²) >= 11 is 0. The Hall–Kier alpha value is -1.91. The Morgan fingerprint density at radius 3 is 2.08 bits per heavy atom. The molecule has 2 fully saturated rings. The van der Waals surface area contributed by atoms with Crippen molar-refractivity contribution in [2.45, 2.75) is 43.4 Å². The molecule has 2 heterocycles. The molecule has 0 unspecified atom stereocenters. The number of carbonyl (C=O) groups excluding carboxylic acids is 1. The minimum atomic E-state index is -3.57. The van der Waals surface area contributed by atoms with Gasteiger partial charge in [-0.1, -0.05) is 12.8 Å². The van der Waals surface area contributed by atoms with Crippen molar-refractivity contribution in [3.8, 4) is 6.07 Å². The molecule has 3 rings (SSSR count). The van der Waals surface area contributed by atoms with Crippen molar-refractivity contribution in [3.05, 3.63) is 29.8 Å². The number of benzene rings is 1. The largest absolute Gasteiger partial charge is 0.342 e. The number of hydrogen-bond donors (Lipinski definition) is 0. The molecular formula is C19H25N3O3S. The standard InChI is InChI=1S/C19H25N3O3S/c20-15-16-5-7-18(8-6-16)26(24,25)22-13-9-17(10-14-22)19(23)21-11-3-1-2-4-12-21/h5-8,17H,1-4,9-14H2. The second-order valence-electron chi connectivity index (χ2n) is 7.05. The van der Waals surface area contributed by atoms with E-state index in [0.29, 0.717) is 31.5 Å². The summed E-state index contributed by atoms with van der Waals surface area (Å²) in [6.45, 7) is 2.41. The van der Waals surface area contributed by atoms with E-state index in [1.54, 1.807) is 0 Å². The van der Waals surface area contributed by atoms with Crippen molar-refractivity contribution in [1.82, 2.24) is 9.21 Å². The van der Waals surface area contributed by atoms with Gasteiger partial charge in [0.1, 0.15) is 0 Å². The molecule has 1 aromatic rings. The normalized spacial score (nSPS) is 20.3. The average molecular weight is 375 g/mol. The first-order chi connectivity index (χ1) is 12.5. The van der Waals surface area contributed by atoms with Crippen LogP contribution in [0.5, 0.6) is 0 Å². The van der Waals surface area contributed by atoms with Crippen LogP contribution in [-0.4, -0.2) is 49.7 Å². The molecule has 7 heteroatoms. The van der Waals surface area contributed by atoms with Gasteiger partial charge >= 0.3 is 0 Å². The Balaban J connectivity index is 1.61. The maximum Gasteiger partial charge on any atom is 0.243 e. The topological polar surface area (TPSA) is 81.5 Å². The fourth-order valence-electron chi connectivity index (χ4n) is 3.74. The molecule has 0 saturated carbocycles. The molecule has 0 spiro atoms. The molecule has 26 heavy (non-hydrogen) atoms. The third-order valence-corrected chi connectivity index (χ3v) is 7.25. The Morgan fingerprint density at radius 1 is 0.962 bits per heavy atom. The van der Waals surface area contributed by atoms with Crippen LogP contribution in [0.1, 0.15) is 44.1 Å². The zero-order valence-corrected chi connectivity index (χ0v) is 15.7. The van der Waals surface area contributed by atoms with Gasteiger partial charge < -0.3 is 4.90 Å². The van der Waals surface area contributed by atoms with Gasteiger partial charge in [-0.3, -0.25) is 4.79 Å². The van der Waals surface area contributed by atoms with E-state index in [0.717, 1.165) is 25.9 Å². The van der Waals surface area contributed by atoms with Crippen LogP contribution in [0.4, 0.5) is 0 Å². The smallest absolute Gasteiger partial charge is 0.243 e. The van der Waals surface area contributed by atoms with Gasteiger partial charge in [-0.25, -0.2) is 8.42 Å². The van der Waals surface area contributed by atoms with Gasteiger partial charge in [0.05, 0.1) is 16.5 Å². The Kier molecular flexibility index (Phi) is 5.94. The van der Waals surface area contributed by atoms with E-state index in [4.69, 9.17) is 5.26 Å². The first-order valence-electron chi connectivity index (χ1n) is 9.31. The minimum Gasteiger partial charge on any atom is -0.342 e. The number of carbonyl (C=O) groups is 1. The van der Waals surface area contributed by atoms with Crippen LogP contribution in [-0.2, 0) is 14.8 Å². The highest BCUT2D eigenvalue weighted by Crippen LogP contribution is 2.26. The van der Waals surface area contributed by atoms with E-state index in [1.807, 2.05) is 11.0 Å². The van der Waals surface area contributed by atoms with E-state index >= 15 is 0 Å². The lowest BCUT2D eigenvalue weighted by molar-refractivity contribution is -0.136. The summed E-state index contributed by atoms with van der Waals surface area (Å²) < 4.78 is 27.0. The van der Waals surface area contributed by atoms with E-state index in [2.05, 4.69) is 0 Å². The lowest BCUT2D eigenvalue weighted by Gasteiger charge is -2.33. The first-order valence-corrected chi connectivity index (χ1v) is 10.8. The number of amides is 1. The minimum absolute atomic E-state index is 0.0690. The SMILES string of the molecule is N#Cc1ccc(S(=O)(=O)N2CCC(C(=O)N3CCCCCC3)CC2)cc1. The monoisotopic (exact) mass is 375 g/mol. The summed E-state index contributed by atoms with van der Waals surface area (Å²) in [5, 5.41) is 8.84. The lowest BCUT2D eigenvalue weighted by Crippen LogP contribution is -2.44. The van der Waals surface area contributed by atoms with E-state index < -0.39 is 10.0 Å². The van der Waals surface area contributed by atoms with Crippen molar-refractivity contribution in [1.29, 1.82) is 5.26 Å². The fraction of sp³-hybridized carbons (Fsp3) is 0.579. The van der Waals surface area contributed by atoms with Crippen molar-refractivity contribution < 1.29 is 13.2 Å². The Bertz CT molecular complexity index is 767. The van der Waals surface area contributed by atoms with Gasteiger partial charge in [-0.05, 0) is 49.9 Å². The Morgan fingerprint density at radius 2 is 1.54 bits per heavy atom. The quantitative estimate of drug-likeness (QED) is 0.812. The third-order valence-electron chi connectivity index (χ3n) is 5.34. The second-order valence-corrected chi connectivity index (χ2v) is 8.99. The molecule has 2 saturated heterocycles. The fourth-order valence-corrected chi connectivity index (χ4v) is 5.21. The van der Waals surface area contributed by atoms with Crippen LogP contribution in [0, 0.1) is 17.2 Å². The summed E-state index contributed by atoms with van der Waals surface area (Å²) in [6.07, 6.45) is 5.65. The van der Waals surface area contributed by atoms with E-state index in [-0.39, 0.29) is 16.7 Å². The lowest BCUT2D eigenvalue weighted by atomic mass is 9.96. The molecule has 0 N–H and O–H groups in total. The molecule has 0 aromatic heterocycles. The molecule has 0 aliphatic carbocycles. The van der Waals surface area contributed by atoms with Crippen LogP contribution in [0.2, 0.25) is 0 Å². The number of likely N-dealkylation sites (tertiary alicyclic amines) is 1. The number of sulfonamides is 1. The highest BCUT2D eigenvalue weighted by Gasteiger charge is 2.33. The molecular weight excluding hydrogens is 350 g/mol. The summed E-state index contributed by atoms with van der Waals surface area (Å²) in [5.74, 6) is 0.128. The van der Waals surface area contributed by atoms with Crippen molar-refractivity contribution >= 4 is 15.9 Å². The summed E-state index contributed by atoms with van der Waals surface area (Å²) in [4.78, 5) is 14.9. The van der Waals surface area contributed by atoms with Crippen LogP contribution >= 0.6 is 0 Å². The summed E-state index contributed by atoms with van der Waals surface area (Å²) in [5.41, 5.74) is 0.436. The third kappa shape index (κ3) is 4.08. The highest BCUT2D eigenvalue weighted by molar-refractivity contribution is 7.89. The number of nitrogens with zero attached hydrogens (tertiary/aromatic N) is 3. The van der Waals surface area contributed by atoms with Gasteiger partial charge in [-0.2, -0.15) is 9.57 Å². The predicted octanol–water partition coefficient (Wildman–Crippen LogP) is 2.36. The number of hydrogen-bond acceptors (Lipinski definition) is 4. The van der Waals surface area contributed by atoms with Gasteiger partial charge in [0, 0.05) is 32.1 Å². The van der Waals surface area contributed by atoms with Crippen molar-refractivity contribution in [3.63, 3.8) is 0 Å². The molecule has 1 aromatic carbocycles. The van der Waals surface area contributed by atoms with E-state index in [9.17, 15) is 13.2 Å². The molecule has 1 amide bonds. The molecule has 140 valence electrons. The van der Waals surface area contributed by atoms with Gasteiger partial charge in [-0.15, -0.1) is 0 Å². The molecule has 0 bridgehead atoms. The predicted molar refractivity (Wildman–Crippen MR) is 97.7 cm³/mol. The van der Waals surface area contributed by atoms with Crippen LogP contribution < -0.4 is 0 Å². The molecule has 2 aliphatic rings. The zero-order valence-electron chi connectivity index (χ0n) is 14.9. The van der Waals surface area contributed by atoms with Crippen molar-refractivity contribution in [2.75, 3.05) is 26.2 Å². The average Bonchev–Trinajstić information content (AvgIpc) is 2.97. The summed E-state index contributed by atoms with van der Waals surface area (Å²) in [6, 6.07) is 7.97.